The van der Waals surface area contributed by atoms with E-state index in [1.807, 2.05) is 19.2 Å². The second-order valence-electron chi connectivity index (χ2n) is 4.36. The van der Waals surface area contributed by atoms with Gasteiger partial charge in [0.2, 0.25) is 5.91 Å². The Labute approximate surface area is 96.2 Å². The molecule has 0 heterocycles. The Hall–Kier alpha value is -1.35. The predicted molar refractivity (Wildman–Crippen MR) is 64.2 cm³/mol. The van der Waals surface area contributed by atoms with Crippen molar-refractivity contribution in [3.05, 3.63) is 35.4 Å². The normalized spacial score (nSPS) is 17.5. The highest BCUT2D eigenvalue weighted by Gasteiger charge is 2.33. The minimum absolute atomic E-state index is 0.0824. The Morgan fingerprint density at radius 3 is 2.94 bits per heavy atom. The number of nitrogens with zero attached hydrogens (tertiary/aromatic N) is 1. The van der Waals surface area contributed by atoms with Crippen LogP contribution < -0.4 is 5.73 Å². The van der Waals surface area contributed by atoms with Crippen molar-refractivity contribution in [1.29, 1.82) is 0 Å². The summed E-state index contributed by atoms with van der Waals surface area (Å²) in [7, 11) is 1.86. The average Bonchev–Trinajstić information content (AvgIpc) is 2.27. The largest absolute Gasteiger partial charge is 0.345 e. The molecule has 0 aromatic heterocycles. The first-order valence-corrected chi connectivity index (χ1v) is 5.77. The van der Waals surface area contributed by atoms with Gasteiger partial charge < -0.3 is 10.6 Å². The van der Waals surface area contributed by atoms with E-state index in [9.17, 15) is 4.79 Å². The quantitative estimate of drug-likeness (QED) is 0.823. The van der Waals surface area contributed by atoms with Crippen molar-refractivity contribution in [3.63, 3.8) is 0 Å². The van der Waals surface area contributed by atoms with Crippen molar-refractivity contribution < 1.29 is 4.79 Å². The molecular formula is C13H18N2O. The molecule has 1 unspecified atom stereocenters. The van der Waals surface area contributed by atoms with Crippen LogP contribution in [0.15, 0.2) is 24.3 Å². The summed E-state index contributed by atoms with van der Waals surface area (Å²) in [6.45, 7) is 1.40. The first-order chi connectivity index (χ1) is 7.74. The van der Waals surface area contributed by atoms with Crippen LogP contribution >= 0.6 is 0 Å². The fourth-order valence-electron chi connectivity index (χ4n) is 2.18. The molecule has 3 nitrogen and oxygen atoms in total. The summed E-state index contributed by atoms with van der Waals surface area (Å²) in [6, 6.07) is 8.17. The van der Waals surface area contributed by atoms with E-state index in [4.69, 9.17) is 5.73 Å². The van der Waals surface area contributed by atoms with E-state index < -0.39 is 0 Å². The summed E-state index contributed by atoms with van der Waals surface area (Å²) in [5.74, 6) is 0.311. The molecule has 2 N–H and O–H groups in total. The molecule has 0 saturated carbocycles. The summed E-state index contributed by atoms with van der Waals surface area (Å²) >= 11 is 0. The fourth-order valence-corrected chi connectivity index (χ4v) is 2.18. The second-order valence-corrected chi connectivity index (χ2v) is 4.36. The van der Waals surface area contributed by atoms with Gasteiger partial charge in [0.1, 0.15) is 0 Å². The number of nitrogens with two attached hydrogens (primary N) is 1. The van der Waals surface area contributed by atoms with Crippen molar-refractivity contribution in [3.8, 4) is 0 Å². The maximum absolute atomic E-state index is 12.1. The number of carbonyl (C=O) groups is 1. The third-order valence-corrected chi connectivity index (χ3v) is 3.23. The van der Waals surface area contributed by atoms with Gasteiger partial charge in [0, 0.05) is 13.6 Å². The molecule has 1 aromatic carbocycles. The summed E-state index contributed by atoms with van der Waals surface area (Å²) in [5, 5.41) is 0. The Morgan fingerprint density at radius 1 is 1.50 bits per heavy atom. The number of likely N-dealkylation sites (N-methyl/N-ethyl adjacent to an activating group) is 1. The number of rotatable bonds is 4. The van der Waals surface area contributed by atoms with Gasteiger partial charge in [0.25, 0.3) is 0 Å². The molecule has 1 aromatic rings. The molecule has 1 atom stereocenters. The first-order valence-electron chi connectivity index (χ1n) is 5.77. The minimum atomic E-state index is 0.0824. The van der Waals surface area contributed by atoms with Crippen LogP contribution in [-0.4, -0.2) is 30.9 Å². The number of fused-ring (bicyclic) bond motifs is 1. The van der Waals surface area contributed by atoms with Crippen LogP contribution in [0.2, 0.25) is 0 Å². The highest BCUT2D eigenvalue weighted by Crippen LogP contribution is 2.35. The van der Waals surface area contributed by atoms with Gasteiger partial charge in [-0.2, -0.15) is 0 Å². The maximum Gasteiger partial charge on any atom is 0.230 e. The summed E-state index contributed by atoms with van der Waals surface area (Å²) in [6.07, 6.45) is 1.76. The monoisotopic (exact) mass is 218 g/mol. The SMILES string of the molecule is CN(CCCN)C(=O)C1Cc2ccccc21. The molecule has 0 bridgehead atoms. The molecular weight excluding hydrogens is 200 g/mol. The van der Waals surface area contributed by atoms with Crippen molar-refractivity contribution >= 4 is 5.91 Å². The van der Waals surface area contributed by atoms with Crippen LogP contribution in [0, 0.1) is 0 Å². The van der Waals surface area contributed by atoms with Crippen LogP contribution in [0.5, 0.6) is 0 Å². The molecule has 0 saturated heterocycles. The maximum atomic E-state index is 12.1. The lowest BCUT2D eigenvalue weighted by Crippen LogP contribution is -2.37. The lowest BCUT2D eigenvalue weighted by Gasteiger charge is -2.32. The predicted octanol–water partition coefficient (Wildman–Crippen LogP) is 1.13. The summed E-state index contributed by atoms with van der Waals surface area (Å²) in [5.41, 5.74) is 7.95. The van der Waals surface area contributed by atoms with Gasteiger partial charge >= 0.3 is 0 Å². The molecule has 0 radical (unpaired) electrons. The van der Waals surface area contributed by atoms with Gasteiger partial charge in [-0.1, -0.05) is 24.3 Å². The van der Waals surface area contributed by atoms with Gasteiger partial charge in [-0.05, 0) is 30.5 Å². The summed E-state index contributed by atoms with van der Waals surface area (Å²) in [4.78, 5) is 13.9. The van der Waals surface area contributed by atoms with Gasteiger partial charge in [0.05, 0.1) is 5.92 Å². The minimum Gasteiger partial charge on any atom is -0.345 e. The zero-order valence-electron chi connectivity index (χ0n) is 9.65. The van der Waals surface area contributed by atoms with Crippen LogP contribution in [0.4, 0.5) is 0 Å². The first kappa shape index (κ1) is 11.1. The van der Waals surface area contributed by atoms with Gasteiger partial charge in [-0.3, -0.25) is 4.79 Å². The second kappa shape index (κ2) is 4.66. The molecule has 86 valence electrons. The lowest BCUT2D eigenvalue weighted by molar-refractivity contribution is -0.132. The van der Waals surface area contributed by atoms with E-state index >= 15 is 0 Å². The van der Waals surface area contributed by atoms with Crippen LogP contribution in [0.3, 0.4) is 0 Å². The molecule has 3 heteroatoms. The molecule has 0 spiro atoms. The molecule has 1 aliphatic rings. The molecule has 16 heavy (non-hydrogen) atoms. The zero-order chi connectivity index (χ0) is 11.5. The Kier molecular flexibility index (Phi) is 3.25. The highest BCUT2D eigenvalue weighted by atomic mass is 16.2. The molecule has 2 rings (SSSR count). The van der Waals surface area contributed by atoms with E-state index in [2.05, 4.69) is 12.1 Å². The Morgan fingerprint density at radius 2 is 2.25 bits per heavy atom. The molecule has 1 amide bonds. The number of amides is 1. The Bertz CT molecular complexity index is 389. The van der Waals surface area contributed by atoms with E-state index in [-0.39, 0.29) is 11.8 Å². The average molecular weight is 218 g/mol. The van der Waals surface area contributed by atoms with Gasteiger partial charge in [-0.15, -0.1) is 0 Å². The van der Waals surface area contributed by atoms with Crippen molar-refractivity contribution in [1.82, 2.24) is 4.90 Å². The molecule has 1 aliphatic carbocycles. The smallest absolute Gasteiger partial charge is 0.230 e. The van der Waals surface area contributed by atoms with Crippen molar-refractivity contribution in [2.24, 2.45) is 5.73 Å². The fraction of sp³-hybridized carbons (Fsp3) is 0.462. The number of benzene rings is 1. The topological polar surface area (TPSA) is 46.3 Å². The van der Waals surface area contributed by atoms with E-state index in [1.54, 1.807) is 4.90 Å². The van der Waals surface area contributed by atoms with Crippen LogP contribution in [0.1, 0.15) is 23.5 Å². The molecule has 0 aliphatic heterocycles. The number of hydrogen-bond acceptors (Lipinski definition) is 2. The number of hydrogen-bond donors (Lipinski definition) is 1. The van der Waals surface area contributed by atoms with Gasteiger partial charge in [0.15, 0.2) is 0 Å². The van der Waals surface area contributed by atoms with E-state index in [1.165, 1.54) is 11.1 Å². The highest BCUT2D eigenvalue weighted by molar-refractivity contribution is 5.86. The van der Waals surface area contributed by atoms with Crippen LogP contribution in [-0.2, 0) is 11.2 Å². The Balaban J connectivity index is 1.98. The zero-order valence-corrected chi connectivity index (χ0v) is 9.65. The summed E-state index contributed by atoms with van der Waals surface area (Å²) < 4.78 is 0. The number of carbonyl (C=O) groups excluding carboxylic acids is 1. The van der Waals surface area contributed by atoms with Crippen molar-refractivity contribution in [2.75, 3.05) is 20.1 Å². The standard InChI is InChI=1S/C13H18N2O/c1-15(8-4-7-14)13(16)12-9-10-5-2-3-6-11(10)12/h2-3,5-6,12H,4,7-9,14H2,1H3. The van der Waals surface area contributed by atoms with Gasteiger partial charge in [-0.25, -0.2) is 0 Å². The lowest BCUT2D eigenvalue weighted by atomic mass is 9.77. The third kappa shape index (κ3) is 1.95. The molecule has 0 fully saturated rings. The van der Waals surface area contributed by atoms with E-state index in [0.717, 1.165) is 19.4 Å². The third-order valence-electron chi connectivity index (χ3n) is 3.23. The van der Waals surface area contributed by atoms with E-state index in [0.29, 0.717) is 6.54 Å². The van der Waals surface area contributed by atoms with Crippen LogP contribution in [0.25, 0.3) is 0 Å². The van der Waals surface area contributed by atoms with Crippen molar-refractivity contribution in [2.45, 2.75) is 18.8 Å².